The largest absolute Gasteiger partial charge is 0.367 e. The summed E-state index contributed by atoms with van der Waals surface area (Å²) in [5, 5.41) is 14.0. The maximum Gasteiger partial charge on any atom is 0.228 e. The van der Waals surface area contributed by atoms with Gasteiger partial charge >= 0.3 is 0 Å². The molecule has 0 atom stereocenters. The highest BCUT2D eigenvalue weighted by Crippen LogP contribution is 2.29. The molecule has 0 unspecified atom stereocenters. The van der Waals surface area contributed by atoms with Crippen LogP contribution in [0.4, 0.5) is 16.0 Å². The molecule has 5 rings (SSSR count). The Hall–Kier alpha value is -3.68. The maximum atomic E-state index is 13.9. The van der Waals surface area contributed by atoms with E-state index in [1.807, 2.05) is 18.2 Å². The fraction of sp³-hybridized carbons (Fsp3) is 0.261. The Morgan fingerprint density at radius 1 is 1.35 bits per heavy atom. The number of nitrogens with one attached hydrogen (secondary N) is 3. The number of carbonyl (C=O) groups is 1. The van der Waals surface area contributed by atoms with E-state index in [1.54, 1.807) is 23.7 Å². The number of anilines is 2. The van der Waals surface area contributed by atoms with Gasteiger partial charge in [0.15, 0.2) is 5.65 Å². The number of nitrogens with zero attached hydrogens (tertiary/aromatic N) is 3. The normalized spacial score (nSPS) is 17.4. The average molecular weight is 418 g/mol. The lowest BCUT2D eigenvalue weighted by Gasteiger charge is -2.12. The van der Waals surface area contributed by atoms with Gasteiger partial charge in [-0.2, -0.15) is 9.61 Å². The van der Waals surface area contributed by atoms with Gasteiger partial charge < -0.3 is 16.0 Å². The lowest BCUT2D eigenvalue weighted by molar-refractivity contribution is -0.118. The predicted octanol–water partition coefficient (Wildman–Crippen LogP) is 3.78. The van der Waals surface area contributed by atoms with Crippen LogP contribution >= 0.6 is 0 Å². The molecule has 3 heterocycles. The van der Waals surface area contributed by atoms with Gasteiger partial charge in [0.25, 0.3) is 0 Å². The van der Waals surface area contributed by atoms with E-state index < -0.39 is 0 Å². The van der Waals surface area contributed by atoms with Gasteiger partial charge in [-0.15, -0.1) is 0 Å². The fourth-order valence-corrected chi connectivity index (χ4v) is 3.55. The summed E-state index contributed by atoms with van der Waals surface area (Å²) in [5.41, 5.74) is 4.37. The SMILES string of the molecule is C=C1NC(=O)C/C1=C\c1cnn2c(NC3CC3)cc(NCc3ccc(C)c(F)c3)nc12. The van der Waals surface area contributed by atoms with E-state index in [-0.39, 0.29) is 11.7 Å². The molecule has 0 bridgehead atoms. The summed E-state index contributed by atoms with van der Waals surface area (Å²) in [6.45, 7) is 6.10. The highest BCUT2D eigenvalue weighted by Gasteiger charge is 2.24. The lowest BCUT2D eigenvalue weighted by Crippen LogP contribution is -2.10. The molecule has 2 aromatic heterocycles. The van der Waals surface area contributed by atoms with E-state index in [2.05, 4.69) is 27.6 Å². The first-order chi connectivity index (χ1) is 15.0. The summed E-state index contributed by atoms with van der Waals surface area (Å²) in [7, 11) is 0. The van der Waals surface area contributed by atoms with Gasteiger partial charge in [-0.3, -0.25) is 4.79 Å². The molecule has 0 spiro atoms. The second-order valence-corrected chi connectivity index (χ2v) is 8.09. The number of fused-ring (bicyclic) bond motifs is 1. The molecule has 1 amide bonds. The van der Waals surface area contributed by atoms with Gasteiger partial charge in [0.2, 0.25) is 5.91 Å². The average Bonchev–Trinajstić information content (AvgIpc) is 3.37. The number of allylic oxidation sites excluding steroid dienone is 1. The van der Waals surface area contributed by atoms with Gasteiger partial charge in [0.05, 0.1) is 12.6 Å². The molecule has 2 fully saturated rings. The van der Waals surface area contributed by atoms with Gasteiger partial charge in [-0.05, 0) is 48.6 Å². The summed E-state index contributed by atoms with van der Waals surface area (Å²) >= 11 is 0. The Kier molecular flexibility index (Phi) is 4.69. The number of aromatic nitrogens is 3. The van der Waals surface area contributed by atoms with Crippen molar-refractivity contribution < 1.29 is 9.18 Å². The van der Waals surface area contributed by atoms with E-state index in [9.17, 15) is 9.18 Å². The number of benzene rings is 1. The summed E-state index contributed by atoms with van der Waals surface area (Å²) in [6.07, 6.45) is 6.18. The van der Waals surface area contributed by atoms with Crippen molar-refractivity contribution >= 4 is 29.3 Å². The molecule has 0 radical (unpaired) electrons. The third-order valence-electron chi connectivity index (χ3n) is 5.50. The van der Waals surface area contributed by atoms with Crippen molar-refractivity contribution in [2.45, 2.75) is 38.8 Å². The minimum atomic E-state index is -0.219. The Balaban J connectivity index is 1.48. The van der Waals surface area contributed by atoms with E-state index >= 15 is 0 Å². The molecule has 1 aliphatic heterocycles. The van der Waals surface area contributed by atoms with Gasteiger partial charge in [0.1, 0.15) is 17.5 Å². The molecule has 7 nitrogen and oxygen atoms in total. The number of amides is 1. The zero-order chi connectivity index (χ0) is 21.5. The van der Waals surface area contributed by atoms with Crippen LogP contribution in [0.15, 0.2) is 48.3 Å². The van der Waals surface area contributed by atoms with Crippen molar-refractivity contribution in [1.82, 2.24) is 19.9 Å². The fourth-order valence-electron chi connectivity index (χ4n) is 3.55. The molecular formula is C23H23FN6O. The first kappa shape index (κ1) is 19.3. The second kappa shape index (κ2) is 7.54. The number of aryl methyl sites for hydroxylation is 1. The van der Waals surface area contributed by atoms with Crippen LogP contribution in [0, 0.1) is 12.7 Å². The van der Waals surface area contributed by atoms with Crippen LogP contribution in [0.25, 0.3) is 11.7 Å². The standard InChI is InChI=1S/C23H23FN6O/c1-13-3-4-15(7-19(13)24)11-25-20-10-21(28-18-5-6-18)30-23(29-20)17(12-26-30)8-16-9-22(31)27-14(16)2/h3-4,7-8,10,12,18,28H,2,5-6,9,11H2,1H3,(H,25,29)(H,27,31)/b16-8+. The van der Waals surface area contributed by atoms with Crippen molar-refractivity contribution in [2.24, 2.45) is 0 Å². The third kappa shape index (κ3) is 4.01. The quantitative estimate of drug-likeness (QED) is 0.568. The zero-order valence-corrected chi connectivity index (χ0v) is 17.2. The first-order valence-corrected chi connectivity index (χ1v) is 10.3. The van der Waals surface area contributed by atoms with Crippen LogP contribution in [0.1, 0.15) is 36.0 Å². The maximum absolute atomic E-state index is 13.9. The highest BCUT2D eigenvalue weighted by molar-refractivity contribution is 5.89. The lowest BCUT2D eigenvalue weighted by atomic mass is 10.1. The number of rotatable bonds is 6. The molecule has 1 aromatic carbocycles. The summed E-state index contributed by atoms with van der Waals surface area (Å²) in [5.74, 6) is 1.22. The van der Waals surface area contributed by atoms with Crippen LogP contribution in [0.3, 0.4) is 0 Å². The van der Waals surface area contributed by atoms with Gasteiger partial charge in [-0.1, -0.05) is 18.7 Å². The van der Waals surface area contributed by atoms with Crippen molar-refractivity contribution in [2.75, 3.05) is 10.6 Å². The van der Waals surface area contributed by atoms with Crippen molar-refractivity contribution in [1.29, 1.82) is 0 Å². The molecule has 8 heteroatoms. The van der Waals surface area contributed by atoms with Crippen LogP contribution in [-0.4, -0.2) is 26.5 Å². The predicted molar refractivity (Wildman–Crippen MR) is 118 cm³/mol. The molecule has 31 heavy (non-hydrogen) atoms. The summed E-state index contributed by atoms with van der Waals surface area (Å²) in [4.78, 5) is 16.4. The summed E-state index contributed by atoms with van der Waals surface area (Å²) in [6, 6.07) is 7.56. The van der Waals surface area contributed by atoms with E-state index in [0.717, 1.165) is 35.4 Å². The number of carbonyl (C=O) groups excluding carboxylic acids is 1. The van der Waals surface area contributed by atoms with Crippen LogP contribution < -0.4 is 16.0 Å². The molecule has 1 aliphatic carbocycles. The van der Waals surface area contributed by atoms with Crippen molar-refractivity contribution in [3.05, 3.63) is 70.8 Å². The number of halogens is 1. The second-order valence-electron chi connectivity index (χ2n) is 8.09. The molecule has 1 saturated carbocycles. The molecule has 2 aliphatic rings. The first-order valence-electron chi connectivity index (χ1n) is 10.3. The Bertz CT molecular complexity index is 1240. The Morgan fingerprint density at radius 3 is 2.90 bits per heavy atom. The Morgan fingerprint density at radius 2 is 2.19 bits per heavy atom. The van der Waals surface area contributed by atoms with E-state index in [4.69, 9.17) is 4.98 Å². The molecule has 3 aromatic rings. The van der Waals surface area contributed by atoms with Crippen LogP contribution in [0.2, 0.25) is 0 Å². The number of hydrogen-bond acceptors (Lipinski definition) is 5. The smallest absolute Gasteiger partial charge is 0.228 e. The molecule has 1 saturated heterocycles. The minimum absolute atomic E-state index is 0.0653. The van der Waals surface area contributed by atoms with Gasteiger partial charge in [-0.25, -0.2) is 9.37 Å². The molecular weight excluding hydrogens is 395 g/mol. The van der Waals surface area contributed by atoms with E-state index in [1.165, 1.54) is 6.07 Å². The van der Waals surface area contributed by atoms with E-state index in [0.29, 0.717) is 41.7 Å². The topological polar surface area (TPSA) is 83.4 Å². The molecule has 158 valence electrons. The van der Waals surface area contributed by atoms with Gasteiger partial charge in [0, 0.05) is 29.9 Å². The van der Waals surface area contributed by atoms with Crippen molar-refractivity contribution in [3.8, 4) is 0 Å². The highest BCUT2D eigenvalue weighted by atomic mass is 19.1. The van der Waals surface area contributed by atoms with Crippen LogP contribution in [0.5, 0.6) is 0 Å². The third-order valence-corrected chi connectivity index (χ3v) is 5.50. The minimum Gasteiger partial charge on any atom is -0.367 e. The van der Waals surface area contributed by atoms with Crippen molar-refractivity contribution in [3.63, 3.8) is 0 Å². The Labute approximate surface area is 179 Å². The monoisotopic (exact) mass is 418 g/mol. The summed E-state index contributed by atoms with van der Waals surface area (Å²) < 4.78 is 15.7. The van der Waals surface area contributed by atoms with Crippen LogP contribution in [-0.2, 0) is 11.3 Å². The zero-order valence-electron chi connectivity index (χ0n) is 17.2. The number of hydrogen-bond donors (Lipinski definition) is 3. The molecule has 3 N–H and O–H groups in total.